The summed E-state index contributed by atoms with van der Waals surface area (Å²) in [6.45, 7) is 2.04. The second kappa shape index (κ2) is 6.49. The van der Waals surface area contributed by atoms with E-state index < -0.39 is 10.0 Å². The van der Waals surface area contributed by atoms with Gasteiger partial charge < -0.3 is 5.11 Å². The van der Waals surface area contributed by atoms with Gasteiger partial charge >= 0.3 is 0 Å². The van der Waals surface area contributed by atoms with E-state index in [0.29, 0.717) is 18.5 Å². The third-order valence-corrected chi connectivity index (χ3v) is 5.28. The Bertz CT molecular complexity index is 664. The summed E-state index contributed by atoms with van der Waals surface area (Å²) in [5.41, 5.74) is 2.63. The van der Waals surface area contributed by atoms with Gasteiger partial charge in [0, 0.05) is 6.54 Å². The highest BCUT2D eigenvalue weighted by molar-refractivity contribution is 7.89. The van der Waals surface area contributed by atoms with Crippen LogP contribution >= 0.6 is 11.3 Å². The molecule has 1 heterocycles. The van der Waals surface area contributed by atoms with Gasteiger partial charge in [0.2, 0.25) is 10.0 Å². The van der Waals surface area contributed by atoms with E-state index in [-0.39, 0.29) is 11.5 Å². The maximum absolute atomic E-state index is 12.1. The zero-order chi connectivity index (χ0) is 14.6. The molecule has 0 aliphatic carbocycles. The summed E-state index contributed by atoms with van der Waals surface area (Å²) in [5, 5.41) is 13.2. The first kappa shape index (κ1) is 15.2. The molecule has 0 atom stereocenters. The van der Waals surface area contributed by atoms with Crippen LogP contribution in [0.5, 0.6) is 0 Å². The van der Waals surface area contributed by atoms with Crippen molar-refractivity contribution in [1.29, 1.82) is 0 Å². The number of sulfonamides is 1. The van der Waals surface area contributed by atoms with Crippen LogP contribution in [0.2, 0.25) is 0 Å². The van der Waals surface area contributed by atoms with Crippen LogP contribution in [0.15, 0.2) is 39.9 Å². The van der Waals surface area contributed by atoms with E-state index in [9.17, 15) is 13.5 Å². The van der Waals surface area contributed by atoms with Crippen LogP contribution in [-0.2, 0) is 23.1 Å². The molecule has 6 heteroatoms. The fourth-order valence-corrected chi connectivity index (χ4v) is 3.62. The zero-order valence-electron chi connectivity index (χ0n) is 11.2. The van der Waals surface area contributed by atoms with Gasteiger partial charge in [-0.2, -0.15) is 11.3 Å². The molecule has 2 aromatic rings. The Hall–Kier alpha value is -1.21. The third-order valence-electron chi connectivity index (χ3n) is 3.09. The van der Waals surface area contributed by atoms with Crippen molar-refractivity contribution in [2.45, 2.75) is 24.8 Å². The van der Waals surface area contributed by atoms with Crippen molar-refractivity contribution >= 4 is 21.4 Å². The van der Waals surface area contributed by atoms with Crippen molar-refractivity contribution in [3.05, 3.63) is 51.7 Å². The van der Waals surface area contributed by atoms with Gasteiger partial charge in [-0.3, -0.25) is 0 Å². The van der Waals surface area contributed by atoms with E-state index in [4.69, 9.17) is 0 Å². The summed E-state index contributed by atoms with van der Waals surface area (Å²) in [5.74, 6) is 0. The lowest BCUT2D eigenvalue weighted by Crippen LogP contribution is -2.26. The summed E-state index contributed by atoms with van der Waals surface area (Å²) in [6.07, 6.45) is 0.668. The Balaban J connectivity index is 2.06. The molecule has 0 unspecified atom stereocenters. The van der Waals surface area contributed by atoms with Crippen LogP contribution in [0.3, 0.4) is 0 Å². The topological polar surface area (TPSA) is 66.4 Å². The van der Waals surface area contributed by atoms with Gasteiger partial charge in [-0.15, -0.1) is 0 Å². The first-order chi connectivity index (χ1) is 9.53. The van der Waals surface area contributed by atoms with Crippen LogP contribution in [0.1, 0.15) is 16.7 Å². The number of aliphatic hydroxyl groups is 1. The summed E-state index contributed by atoms with van der Waals surface area (Å²) < 4.78 is 26.9. The predicted molar refractivity (Wildman–Crippen MR) is 80.3 cm³/mol. The molecule has 0 bridgehead atoms. The van der Waals surface area contributed by atoms with Crippen LogP contribution in [0, 0.1) is 6.92 Å². The number of hydrogen-bond acceptors (Lipinski definition) is 4. The van der Waals surface area contributed by atoms with Crippen LogP contribution in [-0.4, -0.2) is 20.1 Å². The number of rotatable bonds is 6. The quantitative estimate of drug-likeness (QED) is 0.858. The first-order valence-corrected chi connectivity index (χ1v) is 8.66. The summed E-state index contributed by atoms with van der Waals surface area (Å²) in [6, 6.07) is 6.76. The van der Waals surface area contributed by atoms with E-state index in [1.54, 1.807) is 23.5 Å². The molecule has 0 radical (unpaired) electrons. The van der Waals surface area contributed by atoms with E-state index >= 15 is 0 Å². The monoisotopic (exact) mass is 311 g/mol. The lowest BCUT2D eigenvalue weighted by Gasteiger charge is -2.09. The first-order valence-electron chi connectivity index (χ1n) is 6.24. The molecule has 0 saturated carbocycles. The summed E-state index contributed by atoms with van der Waals surface area (Å²) in [4.78, 5) is 0.192. The maximum atomic E-state index is 12.1. The zero-order valence-corrected chi connectivity index (χ0v) is 12.8. The molecule has 0 aliphatic rings. The highest BCUT2D eigenvalue weighted by Crippen LogP contribution is 2.15. The molecule has 0 spiro atoms. The van der Waals surface area contributed by atoms with Gasteiger partial charge in [-0.1, -0.05) is 6.07 Å². The van der Waals surface area contributed by atoms with Gasteiger partial charge in [0.25, 0.3) is 0 Å². The number of aryl methyl sites for hydroxylation is 1. The molecule has 1 aromatic heterocycles. The van der Waals surface area contributed by atoms with Crippen molar-refractivity contribution in [1.82, 2.24) is 4.72 Å². The number of nitrogens with one attached hydrogen (secondary N) is 1. The maximum Gasteiger partial charge on any atom is 0.240 e. The predicted octanol–water partition coefficient (Wildman–Crippen LogP) is 2.07. The van der Waals surface area contributed by atoms with E-state index in [1.807, 2.05) is 23.8 Å². The SMILES string of the molecule is Cc1ccc(S(=O)(=O)NCCc2ccsc2)cc1CO. The van der Waals surface area contributed by atoms with Crippen molar-refractivity contribution in [2.75, 3.05) is 6.54 Å². The summed E-state index contributed by atoms with van der Waals surface area (Å²) >= 11 is 1.60. The van der Waals surface area contributed by atoms with Crippen LogP contribution in [0.4, 0.5) is 0 Å². The molecule has 4 nitrogen and oxygen atoms in total. The van der Waals surface area contributed by atoms with Crippen molar-refractivity contribution in [3.8, 4) is 0 Å². The second-order valence-electron chi connectivity index (χ2n) is 4.53. The van der Waals surface area contributed by atoms with Crippen molar-refractivity contribution < 1.29 is 13.5 Å². The molecule has 0 amide bonds. The normalized spacial score (nSPS) is 11.7. The second-order valence-corrected chi connectivity index (χ2v) is 7.07. The van der Waals surface area contributed by atoms with Crippen LogP contribution < -0.4 is 4.72 Å². The number of aliphatic hydroxyl groups excluding tert-OH is 1. The standard InChI is InChI=1S/C14H17NO3S2/c1-11-2-3-14(8-13(11)9-16)20(17,18)15-6-4-12-5-7-19-10-12/h2-3,5,7-8,10,15-16H,4,6,9H2,1H3. The third kappa shape index (κ3) is 3.67. The Morgan fingerprint density at radius 2 is 2.10 bits per heavy atom. The lowest BCUT2D eigenvalue weighted by atomic mass is 10.1. The largest absolute Gasteiger partial charge is 0.392 e. The Morgan fingerprint density at radius 3 is 2.75 bits per heavy atom. The van der Waals surface area contributed by atoms with E-state index in [0.717, 1.165) is 11.1 Å². The Labute approximate surface area is 123 Å². The van der Waals surface area contributed by atoms with E-state index in [2.05, 4.69) is 4.72 Å². The van der Waals surface area contributed by atoms with Gasteiger partial charge in [0.1, 0.15) is 0 Å². The summed E-state index contributed by atoms with van der Waals surface area (Å²) in [7, 11) is -3.52. The molecule has 108 valence electrons. The molecule has 1 aromatic carbocycles. The highest BCUT2D eigenvalue weighted by atomic mass is 32.2. The van der Waals surface area contributed by atoms with Gasteiger partial charge in [0.05, 0.1) is 11.5 Å². The minimum Gasteiger partial charge on any atom is -0.392 e. The molecule has 20 heavy (non-hydrogen) atoms. The van der Waals surface area contributed by atoms with Gasteiger partial charge in [-0.05, 0) is 59.0 Å². The average Bonchev–Trinajstić information content (AvgIpc) is 2.92. The van der Waals surface area contributed by atoms with E-state index in [1.165, 1.54) is 6.07 Å². The number of thiophene rings is 1. The molecule has 0 aliphatic heterocycles. The lowest BCUT2D eigenvalue weighted by molar-refractivity contribution is 0.280. The molecule has 0 saturated heterocycles. The molecule has 2 rings (SSSR count). The minimum atomic E-state index is -3.52. The molecule has 2 N–H and O–H groups in total. The fourth-order valence-electron chi connectivity index (χ4n) is 1.83. The fraction of sp³-hybridized carbons (Fsp3) is 0.286. The molecule has 0 fully saturated rings. The minimum absolute atomic E-state index is 0.163. The number of benzene rings is 1. The Kier molecular flexibility index (Phi) is 4.93. The van der Waals surface area contributed by atoms with Gasteiger partial charge in [-0.25, -0.2) is 13.1 Å². The average molecular weight is 311 g/mol. The van der Waals surface area contributed by atoms with Crippen LogP contribution in [0.25, 0.3) is 0 Å². The Morgan fingerprint density at radius 1 is 1.30 bits per heavy atom. The molecular formula is C14H17NO3S2. The van der Waals surface area contributed by atoms with Gasteiger partial charge in [0.15, 0.2) is 0 Å². The number of hydrogen-bond donors (Lipinski definition) is 2. The van der Waals surface area contributed by atoms with Crippen molar-refractivity contribution in [3.63, 3.8) is 0 Å². The highest BCUT2D eigenvalue weighted by Gasteiger charge is 2.14. The van der Waals surface area contributed by atoms with Crippen molar-refractivity contribution in [2.24, 2.45) is 0 Å². The molecular weight excluding hydrogens is 294 g/mol. The smallest absolute Gasteiger partial charge is 0.240 e.